The molecule has 3 N–H and O–H groups in total. The van der Waals surface area contributed by atoms with Gasteiger partial charge in [0.15, 0.2) is 0 Å². The summed E-state index contributed by atoms with van der Waals surface area (Å²) in [5.41, 5.74) is 8.67. The van der Waals surface area contributed by atoms with Gasteiger partial charge in [-0.05, 0) is 29.2 Å². The van der Waals surface area contributed by atoms with Crippen molar-refractivity contribution in [3.05, 3.63) is 76.7 Å². The number of aromatic nitrogens is 2. The number of hydrazine groups is 1. The van der Waals surface area contributed by atoms with E-state index >= 15 is 0 Å². The van der Waals surface area contributed by atoms with Crippen molar-refractivity contribution in [2.45, 2.75) is 39.5 Å². The fourth-order valence-corrected chi connectivity index (χ4v) is 3.33. The third-order valence-corrected chi connectivity index (χ3v) is 4.77. The van der Waals surface area contributed by atoms with Crippen LogP contribution in [0.3, 0.4) is 0 Å². The van der Waals surface area contributed by atoms with Gasteiger partial charge < -0.3 is 5.43 Å². The fourth-order valence-electron chi connectivity index (χ4n) is 3.33. The molecule has 0 unspecified atom stereocenters. The molecule has 0 amide bonds. The van der Waals surface area contributed by atoms with E-state index in [2.05, 4.69) is 47.7 Å². The molecule has 0 aliphatic carbocycles. The van der Waals surface area contributed by atoms with Crippen LogP contribution in [0.25, 0.3) is 11.1 Å². The molecule has 2 aromatic carbocycles. The van der Waals surface area contributed by atoms with E-state index in [-0.39, 0.29) is 0 Å². The molecule has 0 aliphatic rings. The second kappa shape index (κ2) is 9.12. The Kier molecular flexibility index (Phi) is 6.36. The van der Waals surface area contributed by atoms with E-state index in [1.807, 2.05) is 31.2 Å². The molecule has 3 rings (SSSR count). The highest BCUT2D eigenvalue weighted by Crippen LogP contribution is 2.26. The normalized spacial score (nSPS) is 10.5. The number of anilines is 1. The topological polar surface area (TPSA) is 87.6 Å². The Hall–Kier alpha value is -3.23. The van der Waals surface area contributed by atoms with Crippen LogP contribution >= 0.6 is 0 Å². The molecule has 5 heteroatoms. The lowest BCUT2D eigenvalue weighted by Gasteiger charge is -2.15. The van der Waals surface area contributed by atoms with Crippen molar-refractivity contribution in [1.29, 1.82) is 5.26 Å². The number of nitrogens with two attached hydrogens (primary N) is 1. The Labute approximate surface area is 166 Å². The van der Waals surface area contributed by atoms with Crippen LogP contribution in [0.2, 0.25) is 0 Å². The molecule has 0 saturated carbocycles. The van der Waals surface area contributed by atoms with Crippen LogP contribution in [0.5, 0.6) is 0 Å². The fraction of sp³-hybridized carbons (Fsp3) is 0.261. The number of nitriles is 1. The van der Waals surface area contributed by atoms with E-state index in [4.69, 9.17) is 10.8 Å². The Morgan fingerprint density at radius 1 is 1.04 bits per heavy atom. The molecule has 3 aromatic rings. The molecule has 0 aliphatic heterocycles. The van der Waals surface area contributed by atoms with Gasteiger partial charge in [0.2, 0.25) is 0 Å². The summed E-state index contributed by atoms with van der Waals surface area (Å²) in [5.74, 6) is 7.27. The highest BCUT2D eigenvalue weighted by Gasteiger charge is 2.14. The lowest BCUT2D eigenvalue weighted by Crippen LogP contribution is -2.16. The maximum Gasteiger partial charge on any atom is 0.147 e. The van der Waals surface area contributed by atoms with Crippen molar-refractivity contribution >= 4 is 5.82 Å². The molecule has 0 atom stereocenters. The van der Waals surface area contributed by atoms with E-state index in [9.17, 15) is 5.26 Å². The van der Waals surface area contributed by atoms with Crippen molar-refractivity contribution < 1.29 is 0 Å². The van der Waals surface area contributed by atoms with Crippen LogP contribution < -0.4 is 11.3 Å². The molecule has 28 heavy (non-hydrogen) atoms. The summed E-state index contributed by atoms with van der Waals surface area (Å²) in [6.07, 6.45) is 3.39. The lowest BCUT2D eigenvalue weighted by molar-refractivity contribution is 0.813. The summed E-state index contributed by atoms with van der Waals surface area (Å²) in [6.45, 7) is 4.19. The van der Waals surface area contributed by atoms with E-state index in [0.29, 0.717) is 17.8 Å². The van der Waals surface area contributed by atoms with Gasteiger partial charge in [0.1, 0.15) is 11.6 Å². The number of aryl methyl sites for hydroxylation is 2. The highest BCUT2D eigenvalue weighted by molar-refractivity contribution is 5.70. The third-order valence-electron chi connectivity index (χ3n) is 4.77. The summed E-state index contributed by atoms with van der Waals surface area (Å²) in [6, 6.07) is 18.2. The first kappa shape index (κ1) is 19.5. The highest BCUT2D eigenvalue weighted by atomic mass is 15.3. The van der Waals surface area contributed by atoms with E-state index in [0.717, 1.165) is 53.0 Å². The summed E-state index contributed by atoms with van der Waals surface area (Å²) in [5, 5.41) is 9.33. The Balaban J connectivity index is 1.93. The standard InChI is InChI=1S/C23H25N5/c1-3-7-21-20(23(28-25)27-22(4-2)26-21)14-16-10-12-17(13-11-16)19-9-6-5-8-18(19)15-24/h5-6,8-13H,3-4,7,14,25H2,1-2H3,(H,26,27,28). The zero-order chi connectivity index (χ0) is 19.9. The molecule has 0 bridgehead atoms. The predicted molar refractivity (Wildman–Crippen MR) is 113 cm³/mol. The largest absolute Gasteiger partial charge is 0.308 e. The molecule has 0 radical (unpaired) electrons. The van der Waals surface area contributed by atoms with Crippen LogP contribution in [0.15, 0.2) is 48.5 Å². The van der Waals surface area contributed by atoms with Gasteiger partial charge >= 0.3 is 0 Å². The van der Waals surface area contributed by atoms with Crippen LogP contribution in [0, 0.1) is 11.3 Å². The first-order valence-corrected chi connectivity index (χ1v) is 9.63. The molecule has 1 aromatic heterocycles. The maximum absolute atomic E-state index is 9.33. The minimum atomic E-state index is 0.679. The average Bonchev–Trinajstić information content (AvgIpc) is 2.75. The molecule has 1 heterocycles. The van der Waals surface area contributed by atoms with Gasteiger partial charge in [-0.2, -0.15) is 5.26 Å². The summed E-state index contributed by atoms with van der Waals surface area (Å²) >= 11 is 0. The number of rotatable bonds is 7. The number of hydrogen-bond acceptors (Lipinski definition) is 5. The van der Waals surface area contributed by atoms with Gasteiger partial charge in [-0.25, -0.2) is 15.8 Å². The zero-order valence-electron chi connectivity index (χ0n) is 16.4. The Bertz CT molecular complexity index is 987. The number of nitrogens with zero attached hydrogens (tertiary/aromatic N) is 3. The maximum atomic E-state index is 9.33. The van der Waals surface area contributed by atoms with Crippen LogP contribution in [0.1, 0.15) is 48.5 Å². The van der Waals surface area contributed by atoms with E-state index < -0.39 is 0 Å². The van der Waals surface area contributed by atoms with Crippen molar-refractivity contribution in [2.24, 2.45) is 5.84 Å². The average molecular weight is 371 g/mol. The monoisotopic (exact) mass is 371 g/mol. The summed E-state index contributed by atoms with van der Waals surface area (Å²) in [4.78, 5) is 9.28. The van der Waals surface area contributed by atoms with Crippen LogP contribution in [-0.2, 0) is 19.3 Å². The van der Waals surface area contributed by atoms with Crippen molar-refractivity contribution in [3.63, 3.8) is 0 Å². The quantitative estimate of drug-likeness (QED) is 0.474. The van der Waals surface area contributed by atoms with Gasteiger partial charge in [0, 0.05) is 24.1 Å². The summed E-state index contributed by atoms with van der Waals surface area (Å²) < 4.78 is 0. The molecule has 0 spiro atoms. The van der Waals surface area contributed by atoms with Gasteiger partial charge in [0.25, 0.3) is 0 Å². The summed E-state index contributed by atoms with van der Waals surface area (Å²) in [7, 11) is 0. The number of hydrogen-bond donors (Lipinski definition) is 2. The lowest BCUT2D eigenvalue weighted by atomic mass is 9.96. The Morgan fingerprint density at radius 2 is 1.79 bits per heavy atom. The van der Waals surface area contributed by atoms with Crippen molar-refractivity contribution in [3.8, 4) is 17.2 Å². The van der Waals surface area contributed by atoms with E-state index in [1.54, 1.807) is 0 Å². The SMILES string of the molecule is CCCc1nc(CC)nc(NN)c1Cc1ccc(-c2ccccc2C#N)cc1. The van der Waals surface area contributed by atoms with Gasteiger partial charge in [-0.3, -0.25) is 0 Å². The second-order valence-electron chi connectivity index (χ2n) is 6.69. The van der Waals surface area contributed by atoms with Gasteiger partial charge in [0.05, 0.1) is 11.6 Å². The second-order valence-corrected chi connectivity index (χ2v) is 6.69. The number of nitrogen functional groups attached to an aromatic ring is 1. The van der Waals surface area contributed by atoms with Gasteiger partial charge in [-0.15, -0.1) is 0 Å². The minimum Gasteiger partial charge on any atom is -0.308 e. The molecule has 5 nitrogen and oxygen atoms in total. The van der Waals surface area contributed by atoms with Gasteiger partial charge in [-0.1, -0.05) is 62.7 Å². The predicted octanol–water partition coefficient (Wildman–Crippen LogP) is 4.41. The van der Waals surface area contributed by atoms with E-state index in [1.165, 1.54) is 0 Å². The smallest absolute Gasteiger partial charge is 0.147 e. The van der Waals surface area contributed by atoms with Crippen LogP contribution in [-0.4, -0.2) is 9.97 Å². The molecule has 142 valence electrons. The molecular weight excluding hydrogens is 346 g/mol. The number of nitrogens with one attached hydrogen (secondary N) is 1. The number of benzene rings is 2. The van der Waals surface area contributed by atoms with Crippen molar-refractivity contribution in [1.82, 2.24) is 9.97 Å². The third kappa shape index (κ3) is 4.19. The molecular formula is C23H25N5. The first-order valence-electron chi connectivity index (χ1n) is 9.63. The zero-order valence-corrected chi connectivity index (χ0v) is 16.4. The first-order chi connectivity index (χ1) is 13.7. The molecule has 0 fully saturated rings. The van der Waals surface area contributed by atoms with Crippen LogP contribution in [0.4, 0.5) is 5.82 Å². The minimum absolute atomic E-state index is 0.679. The molecule has 0 saturated heterocycles. The Morgan fingerprint density at radius 3 is 2.43 bits per heavy atom. The van der Waals surface area contributed by atoms with Crippen molar-refractivity contribution in [2.75, 3.05) is 5.43 Å².